The summed E-state index contributed by atoms with van der Waals surface area (Å²) in [4.78, 5) is 24.0. The molecule has 3 aromatic rings. The number of anilines is 1. The van der Waals surface area contributed by atoms with Crippen molar-refractivity contribution >= 4 is 17.6 Å². The Bertz CT molecular complexity index is 891. The minimum atomic E-state index is -0.415. The van der Waals surface area contributed by atoms with E-state index in [0.29, 0.717) is 17.9 Å². The second-order valence-electron chi connectivity index (χ2n) is 5.45. The molecule has 8 heteroatoms. The number of carbonyl (C=O) groups excluding carboxylic acids is 2. The van der Waals surface area contributed by atoms with Gasteiger partial charge in [-0.1, -0.05) is 18.2 Å². The van der Waals surface area contributed by atoms with E-state index in [1.165, 1.54) is 11.0 Å². The fourth-order valence-corrected chi connectivity index (χ4v) is 2.38. The fraction of sp³-hybridized carbons (Fsp3) is 0.167. The van der Waals surface area contributed by atoms with E-state index in [-0.39, 0.29) is 12.3 Å². The monoisotopic (exact) mass is 351 g/mol. The summed E-state index contributed by atoms with van der Waals surface area (Å²) in [5, 5.41) is 13.8. The standard InChI is InChI=1S/C18H17N5O3/c1-2-26-18(25)14-4-3-5-15(11-14)20-17(24)10-13-6-8-16(9-7-13)23-12-19-21-22-23/h3-9,11-12H,2,10H2,1H3,(H,20,24). The Hall–Kier alpha value is -3.55. The third-order valence-electron chi connectivity index (χ3n) is 3.57. The number of benzene rings is 2. The number of nitrogens with one attached hydrogen (secondary N) is 1. The van der Waals surface area contributed by atoms with Gasteiger partial charge in [-0.25, -0.2) is 9.48 Å². The third-order valence-corrected chi connectivity index (χ3v) is 3.57. The van der Waals surface area contributed by atoms with Gasteiger partial charge in [-0.15, -0.1) is 5.10 Å². The molecule has 0 radical (unpaired) electrons. The minimum Gasteiger partial charge on any atom is -0.462 e. The van der Waals surface area contributed by atoms with Crippen LogP contribution in [-0.2, 0) is 16.0 Å². The van der Waals surface area contributed by atoms with E-state index in [1.54, 1.807) is 31.2 Å². The van der Waals surface area contributed by atoms with E-state index < -0.39 is 5.97 Å². The first kappa shape index (κ1) is 17.3. The molecule has 0 saturated heterocycles. The van der Waals surface area contributed by atoms with Gasteiger partial charge in [-0.05, 0) is 53.2 Å². The van der Waals surface area contributed by atoms with E-state index >= 15 is 0 Å². The van der Waals surface area contributed by atoms with Gasteiger partial charge in [0.2, 0.25) is 5.91 Å². The molecule has 1 N–H and O–H groups in total. The van der Waals surface area contributed by atoms with Crippen LogP contribution in [0.1, 0.15) is 22.8 Å². The van der Waals surface area contributed by atoms with E-state index in [2.05, 4.69) is 20.8 Å². The number of rotatable bonds is 6. The van der Waals surface area contributed by atoms with Crippen LogP contribution in [-0.4, -0.2) is 38.7 Å². The molecule has 0 aliphatic rings. The van der Waals surface area contributed by atoms with Crippen molar-refractivity contribution in [2.75, 3.05) is 11.9 Å². The molecule has 8 nitrogen and oxygen atoms in total. The molecule has 3 rings (SSSR count). The van der Waals surface area contributed by atoms with Crippen molar-refractivity contribution in [3.63, 3.8) is 0 Å². The Labute approximate surface area is 149 Å². The smallest absolute Gasteiger partial charge is 0.338 e. The number of esters is 1. The summed E-state index contributed by atoms with van der Waals surface area (Å²) in [6, 6.07) is 14.0. The number of ether oxygens (including phenoxy) is 1. The summed E-state index contributed by atoms with van der Waals surface area (Å²) in [7, 11) is 0. The average Bonchev–Trinajstić information content (AvgIpc) is 3.17. The summed E-state index contributed by atoms with van der Waals surface area (Å²) in [5.74, 6) is -0.594. The van der Waals surface area contributed by atoms with Crippen molar-refractivity contribution < 1.29 is 14.3 Å². The van der Waals surface area contributed by atoms with E-state index in [1.807, 2.05) is 24.3 Å². The molecule has 26 heavy (non-hydrogen) atoms. The molecule has 1 heterocycles. The lowest BCUT2D eigenvalue weighted by Gasteiger charge is -2.08. The molecule has 1 aromatic heterocycles. The Morgan fingerprint density at radius 3 is 2.65 bits per heavy atom. The molecule has 132 valence electrons. The van der Waals surface area contributed by atoms with Gasteiger partial charge >= 0.3 is 5.97 Å². The molecule has 0 aliphatic carbocycles. The SMILES string of the molecule is CCOC(=O)c1cccc(NC(=O)Cc2ccc(-n3cnnn3)cc2)c1. The molecular formula is C18H17N5O3. The van der Waals surface area contributed by atoms with Crippen LogP contribution >= 0.6 is 0 Å². The van der Waals surface area contributed by atoms with Crippen LogP contribution < -0.4 is 5.32 Å². The Morgan fingerprint density at radius 2 is 1.96 bits per heavy atom. The van der Waals surface area contributed by atoms with Crippen LogP contribution in [0.3, 0.4) is 0 Å². The Balaban J connectivity index is 1.62. The Kier molecular flexibility index (Phi) is 5.33. The number of hydrogen-bond donors (Lipinski definition) is 1. The van der Waals surface area contributed by atoms with Crippen LogP contribution in [0.25, 0.3) is 5.69 Å². The molecule has 0 atom stereocenters. The molecule has 1 amide bonds. The number of amides is 1. The number of hydrogen-bond acceptors (Lipinski definition) is 6. The van der Waals surface area contributed by atoms with Gasteiger partial charge in [0.05, 0.1) is 24.3 Å². The number of tetrazole rings is 1. The average molecular weight is 351 g/mol. The number of carbonyl (C=O) groups is 2. The van der Waals surface area contributed by atoms with Crippen molar-refractivity contribution in [2.45, 2.75) is 13.3 Å². The van der Waals surface area contributed by atoms with Gasteiger partial charge in [0.15, 0.2) is 0 Å². The lowest BCUT2D eigenvalue weighted by molar-refractivity contribution is -0.115. The van der Waals surface area contributed by atoms with Gasteiger partial charge in [0.25, 0.3) is 0 Å². The second-order valence-corrected chi connectivity index (χ2v) is 5.45. The van der Waals surface area contributed by atoms with Crippen molar-refractivity contribution in [1.29, 1.82) is 0 Å². The first-order chi connectivity index (χ1) is 12.7. The van der Waals surface area contributed by atoms with Crippen molar-refractivity contribution in [3.8, 4) is 5.69 Å². The summed E-state index contributed by atoms with van der Waals surface area (Å²) < 4.78 is 6.49. The highest BCUT2D eigenvalue weighted by Gasteiger charge is 2.09. The molecule has 0 fully saturated rings. The highest BCUT2D eigenvalue weighted by atomic mass is 16.5. The largest absolute Gasteiger partial charge is 0.462 e. The van der Waals surface area contributed by atoms with Crippen molar-refractivity contribution in [1.82, 2.24) is 20.2 Å². The zero-order chi connectivity index (χ0) is 18.4. The highest BCUT2D eigenvalue weighted by Crippen LogP contribution is 2.13. The van der Waals surface area contributed by atoms with Gasteiger partial charge in [0, 0.05) is 5.69 Å². The topological polar surface area (TPSA) is 99.0 Å². The minimum absolute atomic E-state index is 0.179. The lowest BCUT2D eigenvalue weighted by Crippen LogP contribution is -2.15. The second kappa shape index (κ2) is 8.02. The quantitative estimate of drug-likeness (QED) is 0.682. The zero-order valence-corrected chi connectivity index (χ0v) is 14.1. The molecule has 2 aromatic carbocycles. The molecule has 0 aliphatic heterocycles. The number of nitrogens with zero attached hydrogens (tertiary/aromatic N) is 4. The van der Waals surface area contributed by atoms with Gasteiger partial charge in [0.1, 0.15) is 6.33 Å². The van der Waals surface area contributed by atoms with Crippen LogP contribution in [0.15, 0.2) is 54.9 Å². The lowest BCUT2D eigenvalue weighted by atomic mass is 10.1. The van der Waals surface area contributed by atoms with Crippen LogP contribution in [0.5, 0.6) is 0 Å². The number of aromatic nitrogens is 4. The van der Waals surface area contributed by atoms with E-state index in [4.69, 9.17) is 4.74 Å². The van der Waals surface area contributed by atoms with Crippen LogP contribution in [0, 0.1) is 0 Å². The fourth-order valence-electron chi connectivity index (χ4n) is 2.38. The van der Waals surface area contributed by atoms with Crippen LogP contribution in [0.2, 0.25) is 0 Å². The van der Waals surface area contributed by atoms with E-state index in [0.717, 1.165) is 11.3 Å². The zero-order valence-electron chi connectivity index (χ0n) is 14.1. The molecule has 0 unspecified atom stereocenters. The Morgan fingerprint density at radius 1 is 1.15 bits per heavy atom. The maximum atomic E-state index is 12.2. The maximum Gasteiger partial charge on any atom is 0.338 e. The van der Waals surface area contributed by atoms with Crippen molar-refractivity contribution in [2.24, 2.45) is 0 Å². The predicted molar refractivity (Wildman–Crippen MR) is 93.9 cm³/mol. The van der Waals surface area contributed by atoms with Gasteiger partial charge in [-0.3, -0.25) is 4.79 Å². The highest BCUT2D eigenvalue weighted by molar-refractivity contribution is 5.95. The van der Waals surface area contributed by atoms with Gasteiger partial charge in [-0.2, -0.15) is 0 Å². The van der Waals surface area contributed by atoms with Crippen molar-refractivity contribution in [3.05, 3.63) is 66.0 Å². The maximum absolute atomic E-state index is 12.2. The predicted octanol–water partition coefficient (Wildman–Crippen LogP) is 2.02. The summed E-state index contributed by atoms with van der Waals surface area (Å²) in [6.45, 7) is 2.05. The van der Waals surface area contributed by atoms with Crippen LogP contribution in [0.4, 0.5) is 5.69 Å². The normalized spacial score (nSPS) is 10.3. The molecule has 0 bridgehead atoms. The summed E-state index contributed by atoms with van der Waals surface area (Å²) in [6.07, 6.45) is 1.71. The molecular weight excluding hydrogens is 334 g/mol. The molecule has 0 spiro atoms. The first-order valence-corrected chi connectivity index (χ1v) is 8.05. The first-order valence-electron chi connectivity index (χ1n) is 8.05. The third kappa shape index (κ3) is 4.29. The molecule has 0 saturated carbocycles. The van der Waals surface area contributed by atoms with E-state index in [9.17, 15) is 9.59 Å². The summed E-state index contributed by atoms with van der Waals surface area (Å²) in [5.41, 5.74) is 2.60. The summed E-state index contributed by atoms with van der Waals surface area (Å²) >= 11 is 0. The van der Waals surface area contributed by atoms with Gasteiger partial charge < -0.3 is 10.1 Å².